The minimum atomic E-state index is -4.48. The minimum Gasteiger partial charge on any atom is -0.370 e. The number of aromatic nitrogens is 3. The van der Waals surface area contributed by atoms with Gasteiger partial charge in [0.15, 0.2) is 5.82 Å². The number of halogens is 5. The molecule has 0 amide bonds. The number of H-pyrrole nitrogens is 1. The number of rotatable bonds is 7. The van der Waals surface area contributed by atoms with Crippen molar-refractivity contribution in [1.29, 1.82) is 0 Å². The average Bonchev–Trinajstić information content (AvgIpc) is 3.24. The highest BCUT2D eigenvalue weighted by Gasteiger charge is 2.30. The first-order chi connectivity index (χ1) is 16.2. The quantitative estimate of drug-likeness (QED) is 0.166. The number of benzene rings is 2. The van der Waals surface area contributed by atoms with Crippen LogP contribution < -0.4 is 10.0 Å². The lowest BCUT2D eigenvalue weighted by atomic mass is 10.0. The van der Waals surface area contributed by atoms with Crippen LogP contribution in [0.1, 0.15) is 28.4 Å². The Morgan fingerprint density at radius 1 is 1.09 bits per heavy atom. The van der Waals surface area contributed by atoms with Crippen LogP contribution in [0.4, 0.5) is 33.5 Å². The lowest BCUT2D eigenvalue weighted by Crippen LogP contribution is -2.10. The molecule has 4 aromatic rings. The SMILES string of the molecule is CCNc1ncnc2[nH]cc(C(=O)c3c(F)ccc(NSc4ccc(C(F)(F)F)cc4)c3F)c12. The van der Waals surface area contributed by atoms with Crippen LogP contribution in [0.2, 0.25) is 0 Å². The van der Waals surface area contributed by atoms with Crippen molar-refractivity contribution in [2.24, 2.45) is 0 Å². The van der Waals surface area contributed by atoms with E-state index in [1.165, 1.54) is 24.7 Å². The maximum atomic E-state index is 15.2. The van der Waals surface area contributed by atoms with Crippen LogP contribution in [-0.4, -0.2) is 27.3 Å². The molecule has 0 fully saturated rings. The van der Waals surface area contributed by atoms with E-state index in [1.54, 1.807) is 0 Å². The number of carbonyl (C=O) groups is 1. The molecule has 0 aliphatic carbocycles. The van der Waals surface area contributed by atoms with Gasteiger partial charge in [-0.1, -0.05) is 0 Å². The summed E-state index contributed by atoms with van der Waals surface area (Å²) in [6, 6.07) is 6.23. The Hall–Kier alpha value is -3.67. The number of hydrogen-bond acceptors (Lipinski definition) is 6. The van der Waals surface area contributed by atoms with Gasteiger partial charge >= 0.3 is 6.18 Å². The third-order valence-corrected chi connectivity index (χ3v) is 5.67. The highest BCUT2D eigenvalue weighted by Crippen LogP contribution is 2.33. The zero-order valence-corrected chi connectivity index (χ0v) is 18.2. The number of alkyl halides is 3. The molecule has 4 rings (SSSR count). The monoisotopic (exact) mass is 493 g/mol. The molecule has 12 heteroatoms. The molecule has 0 saturated carbocycles. The number of hydrogen-bond donors (Lipinski definition) is 3. The summed E-state index contributed by atoms with van der Waals surface area (Å²) in [7, 11) is 0. The van der Waals surface area contributed by atoms with E-state index >= 15 is 4.39 Å². The fourth-order valence-corrected chi connectivity index (χ4v) is 3.90. The molecule has 2 heterocycles. The molecule has 0 aliphatic rings. The zero-order valence-electron chi connectivity index (χ0n) is 17.4. The fraction of sp³-hybridized carbons (Fsp3) is 0.136. The van der Waals surface area contributed by atoms with Crippen LogP contribution in [0.25, 0.3) is 11.0 Å². The van der Waals surface area contributed by atoms with Crippen LogP contribution in [0.15, 0.2) is 53.8 Å². The predicted molar refractivity (Wildman–Crippen MR) is 119 cm³/mol. The molecule has 0 atom stereocenters. The summed E-state index contributed by atoms with van der Waals surface area (Å²) >= 11 is 0.815. The summed E-state index contributed by atoms with van der Waals surface area (Å²) < 4.78 is 70.5. The molecule has 0 radical (unpaired) electrons. The van der Waals surface area contributed by atoms with E-state index in [0.717, 1.165) is 36.2 Å². The normalized spacial score (nSPS) is 11.6. The Bertz CT molecular complexity index is 1350. The van der Waals surface area contributed by atoms with Crippen molar-refractivity contribution in [1.82, 2.24) is 15.0 Å². The van der Waals surface area contributed by atoms with Gasteiger partial charge in [0.2, 0.25) is 5.78 Å². The molecule has 6 nitrogen and oxygen atoms in total. The smallest absolute Gasteiger partial charge is 0.370 e. The van der Waals surface area contributed by atoms with E-state index in [0.29, 0.717) is 28.3 Å². The molecule has 0 bridgehead atoms. The average molecular weight is 493 g/mol. The Labute approximate surface area is 194 Å². The molecular weight excluding hydrogens is 477 g/mol. The van der Waals surface area contributed by atoms with E-state index in [1.807, 2.05) is 6.92 Å². The number of ketones is 1. The van der Waals surface area contributed by atoms with Crippen molar-refractivity contribution in [2.45, 2.75) is 18.0 Å². The first-order valence-electron chi connectivity index (χ1n) is 9.89. The van der Waals surface area contributed by atoms with E-state index in [2.05, 4.69) is 25.0 Å². The molecule has 0 unspecified atom stereocenters. The summed E-state index contributed by atoms with van der Waals surface area (Å²) in [5, 5.41) is 3.28. The van der Waals surface area contributed by atoms with E-state index < -0.39 is 34.7 Å². The highest BCUT2D eigenvalue weighted by molar-refractivity contribution is 8.00. The van der Waals surface area contributed by atoms with Crippen molar-refractivity contribution < 1.29 is 26.7 Å². The summed E-state index contributed by atoms with van der Waals surface area (Å²) in [5.41, 5.74) is -1.51. The standard InChI is InChI=1S/C22H16F5N5OS/c1-2-28-20-16-13(9-29-21(16)31-10-30-20)19(33)17-14(23)7-8-15(18(17)24)32-34-12-5-3-11(4-6-12)22(25,26)27/h3-10,32H,2H2,1H3,(H2,28,29,30,31). The van der Waals surface area contributed by atoms with Crippen molar-refractivity contribution in [3.63, 3.8) is 0 Å². The minimum absolute atomic E-state index is 0.0168. The van der Waals surface area contributed by atoms with Gasteiger partial charge in [0, 0.05) is 17.6 Å². The third kappa shape index (κ3) is 4.53. The second-order valence-electron chi connectivity index (χ2n) is 7.02. The number of nitrogens with zero attached hydrogens (tertiary/aromatic N) is 2. The maximum absolute atomic E-state index is 15.2. The zero-order chi connectivity index (χ0) is 24.5. The molecule has 0 aliphatic heterocycles. The van der Waals surface area contributed by atoms with Crippen molar-refractivity contribution in [2.75, 3.05) is 16.6 Å². The van der Waals surface area contributed by atoms with Crippen LogP contribution in [0.3, 0.4) is 0 Å². The highest BCUT2D eigenvalue weighted by atomic mass is 32.2. The molecule has 0 saturated heterocycles. The Morgan fingerprint density at radius 3 is 2.50 bits per heavy atom. The number of anilines is 2. The van der Waals surface area contributed by atoms with Gasteiger partial charge in [0.1, 0.15) is 23.6 Å². The van der Waals surface area contributed by atoms with E-state index in [-0.39, 0.29) is 11.3 Å². The second kappa shape index (κ2) is 9.29. The van der Waals surface area contributed by atoms with Crippen LogP contribution in [-0.2, 0) is 6.18 Å². The third-order valence-electron chi connectivity index (χ3n) is 4.84. The van der Waals surface area contributed by atoms with Gasteiger partial charge in [-0.2, -0.15) is 13.2 Å². The molecule has 2 aromatic carbocycles. The lowest BCUT2D eigenvalue weighted by Gasteiger charge is -2.12. The molecular formula is C22H16F5N5OS. The van der Waals surface area contributed by atoms with E-state index in [9.17, 15) is 22.4 Å². The second-order valence-corrected chi connectivity index (χ2v) is 7.90. The van der Waals surface area contributed by atoms with Crippen LogP contribution >= 0.6 is 11.9 Å². The summed E-state index contributed by atoms with van der Waals surface area (Å²) in [4.78, 5) is 24.4. The van der Waals surface area contributed by atoms with Crippen LogP contribution in [0, 0.1) is 11.6 Å². The van der Waals surface area contributed by atoms with Gasteiger partial charge in [0.25, 0.3) is 0 Å². The molecule has 176 valence electrons. The van der Waals surface area contributed by atoms with Gasteiger partial charge in [-0.15, -0.1) is 0 Å². The van der Waals surface area contributed by atoms with Crippen LogP contribution in [0.5, 0.6) is 0 Å². The van der Waals surface area contributed by atoms with Crippen molar-refractivity contribution in [3.8, 4) is 0 Å². The molecule has 34 heavy (non-hydrogen) atoms. The van der Waals surface area contributed by atoms with Crippen molar-refractivity contribution in [3.05, 3.63) is 77.2 Å². The maximum Gasteiger partial charge on any atom is 0.416 e. The van der Waals surface area contributed by atoms with Gasteiger partial charge in [0.05, 0.1) is 27.8 Å². The first-order valence-corrected chi connectivity index (χ1v) is 10.7. The fourth-order valence-electron chi connectivity index (χ4n) is 3.24. The topological polar surface area (TPSA) is 82.7 Å². The lowest BCUT2D eigenvalue weighted by molar-refractivity contribution is -0.137. The first kappa shape index (κ1) is 23.5. The predicted octanol–water partition coefficient (Wildman–Crippen LogP) is 6.04. The number of carbonyl (C=O) groups excluding carboxylic acids is 1. The molecule has 2 aromatic heterocycles. The molecule has 0 spiro atoms. The van der Waals surface area contributed by atoms with Crippen molar-refractivity contribution >= 4 is 40.3 Å². The summed E-state index contributed by atoms with van der Waals surface area (Å²) in [6.07, 6.45) is -1.89. The largest absolute Gasteiger partial charge is 0.416 e. The summed E-state index contributed by atoms with van der Waals surface area (Å²) in [6.45, 7) is 2.32. The van der Waals surface area contributed by atoms with Gasteiger partial charge in [-0.25, -0.2) is 18.7 Å². The van der Waals surface area contributed by atoms with Gasteiger partial charge in [-0.05, 0) is 55.3 Å². The van der Waals surface area contributed by atoms with Gasteiger partial charge < -0.3 is 15.0 Å². The van der Waals surface area contributed by atoms with E-state index in [4.69, 9.17) is 0 Å². The number of nitrogens with one attached hydrogen (secondary N) is 3. The Morgan fingerprint density at radius 2 is 1.82 bits per heavy atom. The number of aromatic amines is 1. The molecule has 3 N–H and O–H groups in total. The Kier molecular flexibility index (Phi) is 6.42. The number of fused-ring (bicyclic) bond motifs is 1. The summed E-state index contributed by atoms with van der Waals surface area (Å²) in [5.74, 6) is -2.78. The Balaban J connectivity index is 1.63. The van der Waals surface area contributed by atoms with Gasteiger partial charge in [-0.3, -0.25) is 4.79 Å².